The van der Waals surface area contributed by atoms with Crippen molar-refractivity contribution in [1.29, 1.82) is 0 Å². The van der Waals surface area contributed by atoms with Crippen LogP contribution in [-0.2, 0) is 19.2 Å². The average molecular weight is 350 g/mol. The molecule has 0 bridgehead atoms. The molecule has 0 spiro atoms. The summed E-state index contributed by atoms with van der Waals surface area (Å²) in [6.07, 6.45) is 8.25. The topological polar surface area (TPSA) is 104 Å². The van der Waals surface area contributed by atoms with Crippen LogP contribution in [0, 0.1) is 11.8 Å². The Hall–Kier alpha value is -2.18. The summed E-state index contributed by atoms with van der Waals surface area (Å²) in [4.78, 5) is 47.0. The first kappa shape index (κ1) is 19.1. The van der Waals surface area contributed by atoms with Gasteiger partial charge in [-0.1, -0.05) is 6.42 Å². The third-order valence-corrected chi connectivity index (χ3v) is 4.93. The Morgan fingerprint density at radius 3 is 2.28 bits per heavy atom. The second kappa shape index (κ2) is 9.34. The van der Waals surface area contributed by atoms with Crippen molar-refractivity contribution in [2.24, 2.45) is 11.8 Å². The molecule has 1 saturated carbocycles. The zero-order chi connectivity index (χ0) is 18.2. The number of nitrogens with one attached hydrogen (secondary N) is 1. The molecular weight excluding hydrogens is 324 g/mol. The highest BCUT2D eigenvalue weighted by molar-refractivity contribution is 6.12. The minimum absolute atomic E-state index is 0.00150. The highest BCUT2D eigenvalue weighted by Gasteiger charge is 2.31. The lowest BCUT2D eigenvalue weighted by Gasteiger charge is -2.30. The lowest BCUT2D eigenvalue weighted by atomic mass is 9.81. The molecule has 0 aromatic heterocycles. The van der Waals surface area contributed by atoms with Crippen molar-refractivity contribution < 1.29 is 24.3 Å². The van der Waals surface area contributed by atoms with Gasteiger partial charge in [-0.3, -0.25) is 24.1 Å². The van der Waals surface area contributed by atoms with E-state index in [1.807, 2.05) is 0 Å². The lowest BCUT2D eigenvalue weighted by Crippen LogP contribution is -2.38. The Morgan fingerprint density at radius 2 is 1.68 bits per heavy atom. The molecule has 7 nitrogen and oxygen atoms in total. The molecule has 7 heteroatoms. The van der Waals surface area contributed by atoms with E-state index in [0.717, 1.165) is 38.5 Å². The summed E-state index contributed by atoms with van der Waals surface area (Å²) in [5, 5.41) is 11.5. The maximum absolute atomic E-state index is 12.2. The molecule has 0 atom stereocenters. The van der Waals surface area contributed by atoms with Crippen molar-refractivity contribution in [3.63, 3.8) is 0 Å². The van der Waals surface area contributed by atoms with E-state index in [2.05, 4.69) is 5.32 Å². The number of aliphatic carboxylic acids is 1. The first-order valence-corrected chi connectivity index (χ1v) is 9.00. The van der Waals surface area contributed by atoms with Gasteiger partial charge in [0.1, 0.15) is 0 Å². The quantitative estimate of drug-likeness (QED) is 0.484. The molecule has 2 aliphatic rings. The minimum atomic E-state index is -0.783. The summed E-state index contributed by atoms with van der Waals surface area (Å²) in [7, 11) is 0. The molecule has 0 aromatic rings. The van der Waals surface area contributed by atoms with Gasteiger partial charge in [0.15, 0.2) is 0 Å². The number of unbranched alkanes of at least 4 members (excludes halogenated alkanes) is 2. The van der Waals surface area contributed by atoms with Crippen molar-refractivity contribution in [3.8, 4) is 0 Å². The standard InChI is InChI=1S/C18H26N2O5/c21-15-9-10-16(22)20(15)12-13-5-7-14(8-6-13)18(25)19-11-3-1-2-4-17(23)24/h9-10,13-14H,1-8,11-12H2,(H,19,25)(H,23,24). The summed E-state index contributed by atoms with van der Waals surface area (Å²) < 4.78 is 0. The molecule has 1 heterocycles. The molecule has 1 aliphatic carbocycles. The van der Waals surface area contributed by atoms with Gasteiger partial charge in [0.2, 0.25) is 5.91 Å². The first-order chi connectivity index (χ1) is 12.0. The number of carbonyl (C=O) groups excluding carboxylic acids is 3. The van der Waals surface area contributed by atoms with Crippen LogP contribution >= 0.6 is 0 Å². The molecule has 0 radical (unpaired) electrons. The van der Waals surface area contributed by atoms with E-state index < -0.39 is 5.97 Å². The van der Waals surface area contributed by atoms with Crippen LogP contribution in [0.2, 0.25) is 0 Å². The molecule has 1 aliphatic heterocycles. The van der Waals surface area contributed by atoms with Crippen LogP contribution in [0.3, 0.4) is 0 Å². The fourth-order valence-corrected chi connectivity index (χ4v) is 3.41. The van der Waals surface area contributed by atoms with Crippen molar-refractivity contribution in [2.45, 2.75) is 51.4 Å². The molecule has 0 saturated heterocycles. The fourth-order valence-electron chi connectivity index (χ4n) is 3.41. The number of nitrogens with zero attached hydrogens (tertiary/aromatic N) is 1. The molecule has 1 fully saturated rings. The zero-order valence-corrected chi connectivity index (χ0v) is 14.4. The summed E-state index contributed by atoms with van der Waals surface area (Å²) >= 11 is 0. The second-order valence-electron chi connectivity index (χ2n) is 6.83. The van der Waals surface area contributed by atoms with E-state index in [1.165, 1.54) is 17.1 Å². The Balaban J connectivity index is 1.59. The van der Waals surface area contributed by atoms with Gasteiger partial charge < -0.3 is 10.4 Å². The smallest absolute Gasteiger partial charge is 0.303 e. The SMILES string of the molecule is O=C(O)CCCCCNC(=O)C1CCC(CN2C(=O)C=CC2=O)CC1. The number of hydrogen-bond acceptors (Lipinski definition) is 4. The third kappa shape index (κ3) is 5.99. The van der Waals surface area contributed by atoms with E-state index in [-0.39, 0.29) is 36.0 Å². The van der Waals surface area contributed by atoms with Gasteiger partial charge in [-0.15, -0.1) is 0 Å². The Labute approximate surface area is 147 Å². The molecule has 0 unspecified atom stereocenters. The molecule has 138 valence electrons. The number of hydrogen-bond donors (Lipinski definition) is 2. The highest BCUT2D eigenvalue weighted by Crippen LogP contribution is 2.30. The maximum Gasteiger partial charge on any atom is 0.303 e. The highest BCUT2D eigenvalue weighted by atomic mass is 16.4. The number of amides is 3. The molecule has 0 aromatic carbocycles. The van der Waals surface area contributed by atoms with Gasteiger partial charge in [-0.2, -0.15) is 0 Å². The largest absolute Gasteiger partial charge is 0.481 e. The Kier molecular flexibility index (Phi) is 7.16. The second-order valence-corrected chi connectivity index (χ2v) is 6.83. The van der Waals surface area contributed by atoms with E-state index in [9.17, 15) is 19.2 Å². The van der Waals surface area contributed by atoms with Gasteiger partial charge in [0, 0.05) is 37.6 Å². The fraction of sp³-hybridized carbons (Fsp3) is 0.667. The van der Waals surface area contributed by atoms with Crippen molar-refractivity contribution in [1.82, 2.24) is 10.2 Å². The van der Waals surface area contributed by atoms with Gasteiger partial charge >= 0.3 is 5.97 Å². The normalized spacial score (nSPS) is 23.1. The average Bonchev–Trinajstić information content (AvgIpc) is 2.90. The molecule has 25 heavy (non-hydrogen) atoms. The number of carboxylic acid groups (broad SMARTS) is 1. The van der Waals surface area contributed by atoms with E-state index in [1.54, 1.807) is 0 Å². The van der Waals surface area contributed by atoms with Crippen molar-refractivity contribution >= 4 is 23.7 Å². The van der Waals surface area contributed by atoms with E-state index in [0.29, 0.717) is 19.5 Å². The van der Waals surface area contributed by atoms with Crippen LogP contribution in [0.5, 0.6) is 0 Å². The van der Waals surface area contributed by atoms with Gasteiger partial charge in [0.25, 0.3) is 11.8 Å². The van der Waals surface area contributed by atoms with E-state index in [4.69, 9.17) is 5.11 Å². The summed E-state index contributed by atoms with van der Waals surface area (Å²) in [6, 6.07) is 0. The van der Waals surface area contributed by atoms with Crippen LogP contribution in [-0.4, -0.2) is 46.8 Å². The van der Waals surface area contributed by atoms with Crippen LogP contribution in [0.15, 0.2) is 12.2 Å². The lowest BCUT2D eigenvalue weighted by molar-refractivity contribution is -0.138. The van der Waals surface area contributed by atoms with Gasteiger partial charge in [-0.25, -0.2) is 0 Å². The monoisotopic (exact) mass is 350 g/mol. The van der Waals surface area contributed by atoms with Crippen LogP contribution in [0.4, 0.5) is 0 Å². The summed E-state index contributed by atoms with van der Waals surface area (Å²) in [5.74, 6) is -0.938. The summed E-state index contributed by atoms with van der Waals surface area (Å²) in [6.45, 7) is 1.03. The van der Waals surface area contributed by atoms with Crippen LogP contribution < -0.4 is 5.32 Å². The van der Waals surface area contributed by atoms with Gasteiger partial charge in [0.05, 0.1) is 0 Å². The molecular formula is C18H26N2O5. The zero-order valence-electron chi connectivity index (χ0n) is 14.4. The molecule has 2 rings (SSSR count). The molecule has 3 amide bonds. The number of carboxylic acids is 1. The predicted octanol–water partition coefficient (Wildman–Crippen LogP) is 1.48. The number of carbonyl (C=O) groups is 4. The minimum Gasteiger partial charge on any atom is -0.481 e. The van der Waals surface area contributed by atoms with Gasteiger partial charge in [-0.05, 0) is 44.4 Å². The van der Waals surface area contributed by atoms with Crippen molar-refractivity contribution in [2.75, 3.05) is 13.1 Å². The number of rotatable bonds is 9. The Morgan fingerprint density at radius 1 is 1.04 bits per heavy atom. The first-order valence-electron chi connectivity index (χ1n) is 9.00. The van der Waals surface area contributed by atoms with E-state index >= 15 is 0 Å². The third-order valence-electron chi connectivity index (χ3n) is 4.93. The Bertz CT molecular complexity index is 532. The predicted molar refractivity (Wildman–Crippen MR) is 90.4 cm³/mol. The number of imide groups is 1. The van der Waals surface area contributed by atoms with Crippen molar-refractivity contribution in [3.05, 3.63) is 12.2 Å². The maximum atomic E-state index is 12.2. The molecule has 2 N–H and O–H groups in total. The summed E-state index contributed by atoms with van der Waals surface area (Å²) in [5.41, 5.74) is 0. The van der Waals surface area contributed by atoms with Crippen LogP contribution in [0.1, 0.15) is 51.4 Å². The van der Waals surface area contributed by atoms with Crippen LogP contribution in [0.25, 0.3) is 0 Å².